The number of nitrogens with one attached hydrogen (secondary N) is 1. The molecule has 14 heavy (non-hydrogen) atoms. The maximum atomic E-state index is 13.3. The van der Waals surface area contributed by atoms with E-state index < -0.39 is 18.3 Å². The highest BCUT2D eigenvalue weighted by atomic mass is 19.1. The average Bonchev–Trinajstić information content (AvgIpc) is 2.20. The zero-order valence-electron chi connectivity index (χ0n) is 7.48. The highest BCUT2D eigenvalue weighted by Gasteiger charge is 2.33. The van der Waals surface area contributed by atoms with Crippen molar-refractivity contribution in [3.63, 3.8) is 0 Å². The normalized spacial score (nSPS) is 30.3. The Balaban J connectivity index is 2.47. The molecule has 0 saturated carbocycles. The summed E-state index contributed by atoms with van der Waals surface area (Å²) in [7, 11) is 0. The first-order chi connectivity index (χ1) is 6.74. The Hall–Kier alpha value is -1.42. The van der Waals surface area contributed by atoms with Gasteiger partial charge in [0, 0.05) is 5.69 Å². The Labute approximate surface area is 81.1 Å². The van der Waals surface area contributed by atoms with Crippen LogP contribution in [0.2, 0.25) is 0 Å². The third-order valence-corrected chi connectivity index (χ3v) is 2.51. The van der Waals surface area contributed by atoms with Crippen molar-refractivity contribution in [1.82, 2.24) is 0 Å². The number of hydrogen-bond donors (Lipinski definition) is 2. The first-order valence-electron chi connectivity index (χ1n) is 4.44. The largest absolute Gasteiger partial charge is 0.354 e. The fourth-order valence-electron chi connectivity index (χ4n) is 1.72. The topological polar surface area (TPSA) is 55.1 Å². The molecule has 2 rings (SSSR count). The molecule has 74 valence electrons. The summed E-state index contributed by atoms with van der Waals surface area (Å²) >= 11 is 0. The number of nitrogens with two attached hydrogens (primary N) is 1. The molecule has 0 fully saturated rings. The molecule has 0 aliphatic carbocycles. The number of rotatable bonds is 1. The molecule has 0 amide bonds. The van der Waals surface area contributed by atoms with Crippen LogP contribution in [0.4, 0.5) is 10.1 Å². The summed E-state index contributed by atoms with van der Waals surface area (Å²) in [4.78, 5) is 10.8. The van der Waals surface area contributed by atoms with Crippen molar-refractivity contribution in [3.8, 4) is 0 Å². The van der Waals surface area contributed by atoms with Crippen molar-refractivity contribution < 1.29 is 9.18 Å². The maximum absolute atomic E-state index is 13.3. The van der Waals surface area contributed by atoms with Gasteiger partial charge in [-0.1, -0.05) is 18.2 Å². The number of fused-ring (bicyclic) bond motifs is 1. The van der Waals surface area contributed by atoms with Crippen molar-refractivity contribution in [2.24, 2.45) is 5.73 Å². The zero-order valence-corrected chi connectivity index (χ0v) is 7.48. The van der Waals surface area contributed by atoms with Gasteiger partial charge in [0.25, 0.3) is 0 Å². The second kappa shape index (κ2) is 3.38. The van der Waals surface area contributed by atoms with Crippen LogP contribution in [0.15, 0.2) is 24.3 Å². The smallest absolute Gasteiger partial charge is 0.186 e. The standard InChI is InChI=1S/C10H11FN2O/c11-10-9(12)7(5-14)6-3-1-2-4-8(6)13-10/h1-5,7,9-10,13H,12H2. The molecule has 1 aliphatic rings. The molecule has 1 aromatic rings. The lowest BCUT2D eigenvalue weighted by Gasteiger charge is -2.31. The molecule has 1 aliphatic heterocycles. The number of carbonyl (C=O) groups excluding carboxylic acids is 1. The van der Waals surface area contributed by atoms with Gasteiger partial charge >= 0.3 is 0 Å². The van der Waals surface area contributed by atoms with E-state index in [0.717, 1.165) is 5.56 Å². The Bertz CT molecular complexity index is 356. The lowest BCUT2D eigenvalue weighted by Crippen LogP contribution is -2.46. The van der Waals surface area contributed by atoms with Crippen LogP contribution in [0.3, 0.4) is 0 Å². The average molecular weight is 194 g/mol. The van der Waals surface area contributed by atoms with Gasteiger partial charge in [0.2, 0.25) is 0 Å². The molecule has 0 bridgehead atoms. The van der Waals surface area contributed by atoms with Crippen molar-refractivity contribution >= 4 is 12.0 Å². The van der Waals surface area contributed by atoms with Gasteiger partial charge in [0.05, 0.1) is 12.0 Å². The first kappa shape index (κ1) is 9.15. The number of anilines is 1. The van der Waals surface area contributed by atoms with Crippen LogP contribution in [-0.2, 0) is 4.79 Å². The van der Waals surface area contributed by atoms with E-state index in [4.69, 9.17) is 5.73 Å². The highest BCUT2D eigenvalue weighted by Crippen LogP contribution is 2.32. The van der Waals surface area contributed by atoms with Crippen molar-refractivity contribution in [2.75, 3.05) is 5.32 Å². The van der Waals surface area contributed by atoms with Crippen LogP contribution < -0.4 is 11.1 Å². The SMILES string of the molecule is NC1C(F)Nc2ccccc2C1C=O. The van der Waals surface area contributed by atoms with E-state index in [9.17, 15) is 9.18 Å². The molecule has 1 heterocycles. The number of halogens is 1. The number of hydrogen-bond acceptors (Lipinski definition) is 3. The number of aldehydes is 1. The lowest BCUT2D eigenvalue weighted by atomic mass is 9.88. The van der Waals surface area contributed by atoms with E-state index in [1.807, 2.05) is 6.07 Å². The van der Waals surface area contributed by atoms with E-state index >= 15 is 0 Å². The second-order valence-electron chi connectivity index (χ2n) is 3.37. The van der Waals surface area contributed by atoms with E-state index in [0.29, 0.717) is 12.0 Å². The molecular formula is C10H11FN2O. The quantitative estimate of drug-likeness (QED) is 0.518. The van der Waals surface area contributed by atoms with Crippen LogP contribution in [0.5, 0.6) is 0 Å². The number of benzene rings is 1. The van der Waals surface area contributed by atoms with Gasteiger partial charge in [-0.05, 0) is 11.6 Å². The van der Waals surface area contributed by atoms with Crippen LogP contribution in [0.1, 0.15) is 11.5 Å². The van der Waals surface area contributed by atoms with Crippen LogP contribution in [0, 0.1) is 0 Å². The molecule has 0 radical (unpaired) electrons. The summed E-state index contributed by atoms with van der Waals surface area (Å²) in [6, 6.07) is 6.32. The molecule has 0 aromatic heterocycles. The third-order valence-electron chi connectivity index (χ3n) is 2.51. The summed E-state index contributed by atoms with van der Waals surface area (Å²) in [5, 5.41) is 2.62. The summed E-state index contributed by atoms with van der Waals surface area (Å²) in [5.41, 5.74) is 7.00. The number of carbonyl (C=O) groups is 1. The Kier molecular flexibility index (Phi) is 2.21. The predicted octanol–water partition coefficient (Wildman–Crippen LogP) is 1.02. The molecule has 3 nitrogen and oxygen atoms in total. The van der Waals surface area contributed by atoms with Crippen LogP contribution in [0.25, 0.3) is 0 Å². The van der Waals surface area contributed by atoms with Gasteiger partial charge < -0.3 is 15.8 Å². The minimum Gasteiger partial charge on any atom is -0.354 e. The maximum Gasteiger partial charge on any atom is 0.186 e. The van der Waals surface area contributed by atoms with E-state index in [1.54, 1.807) is 18.2 Å². The molecule has 4 heteroatoms. The minimum atomic E-state index is -1.36. The monoisotopic (exact) mass is 194 g/mol. The molecule has 1 aromatic carbocycles. The Morgan fingerprint density at radius 3 is 2.86 bits per heavy atom. The molecular weight excluding hydrogens is 183 g/mol. The third kappa shape index (κ3) is 1.28. The summed E-state index contributed by atoms with van der Waals surface area (Å²) in [6.45, 7) is 0. The van der Waals surface area contributed by atoms with E-state index in [-0.39, 0.29) is 0 Å². The Morgan fingerprint density at radius 2 is 2.14 bits per heavy atom. The first-order valence-corrected chi connectivity index (χ1v) is 4.44. The second-order valence-corrected chi connectivity index (χ2v) is 3.37. The van der Waals surface area contributed by atoms with Crippen molar-refractivity contribution in [1.29, 1.82) is 0 Å². The fourth-order valence-corrected chi connectivity index (χ4v) is 1.72. The summed E-state index contributed by atoms with van der Waals surface area (Å²) in [5.74, 6) is -0.553. The van der Waals surface area contributed by atoms with Crippen molar-refractivity contribution in [2.45, 2.75) is 18.3 Å². The minimum absolute atomic E-state index is 0.553. The fraction of sp³-hybridized carbons (Fsp3) is 0.300. The van der Waals surface area contributed by atoms with Gasteiger partial charge in [-0.3, -0.25) is 0 Å². The molecule has 3 N–H and O–H groups in total. The van der Waals surface area contributed by atoms with Crippen LogP contribution in [-0.4, -0.2) is 18.6 Å². The lowest BCUT2D eigenvalue weighted by molar-refractivity contribution is -0.109. The predicted molar refractivity (Wildman–Crippen MR) is 51.7 cm³/mol. The molecule has 3 atom stereocenters. The van der Waals surface area contributed by atoms with Crippen molar-refractivity contribution in [3.05, 3.63) is 29.8 Å². The molecule has 0 saturated heterocycles. The van der Waals surface area contributed by atoms with Gasteiger partial charge in [0.15, 0.2) is 6.30 Å². The highest BCUT2D eigenvalue weighted by molar-refractivity contribution is 5.71. The van der Waals surface area contributed by atoms with E-state index in [1.165, 1.54) is 0 Å². The van der Waals surface area contributed by atoms with Gasteiger partial charge in [-0.2, -0.15) is 0 Å². The Morgan fingerprint density at radius 1 is 1.43 bits per heavy atom. The van der Waals surface area contributed by atoms with Crippen LogP contribution >= 0.6 is 0 Å². The summed E-state index contributed by atoms with van der Waals surface area (Å²) < 4.78 is 13.3. The van der Waals surface area contributed by atoms with Gasteiger partial charge in [-0.15, -0.1) is 0 Å². The molecule has 0 spiro atoms. The van der Waals surface area contributed by atoms with Gasteiger partial charge in [0.1, 0.15) is 6.29 Å². The summed E-state index contributed by atoms with van der Waals surface area (Å²) in [6.07, 6.45) is -0.656. The number of alkyl halides is 1. The molecule has 3 unspecified atom stereocenters. The zero-order chi connectivity index (χ0) is 10.1. The number of para-hydroxylation sites is 1. The van der Waals surface area contributed by atoms with Gasteiger partial charge in [-0.25, -0.2) is 4.39 Å². The van der Waals surface area contributed by atoms with E-state index in [2.05, 4.69) is 5.32 Å².